The fraction of sp³-hybridized carbons (Fsp3) is 0.318. The molecule has 3 heterocycles. The lowest BCUT2D eigenvalue weighted by molar-refractivity contribution is -0.139. The van der Waals surface area contributed by atoms with Crippen molar-refractivity contribution in [2.75, 3.05) is 18.0 Å². The zero-order valence-electron chi connectivity index (χ0n) is 16.1. The van der Waals surface area contributed by atoms with Crippen molar-refractivity contribution in [2.24, 2.45) is 0 Å². The number of carbonyl (C=O) groups is 1. The van der Waals surface area contributed by atoms with Gasteiger partial charge in [-0.3, -0.25) is 9.20 Å². The SMILES string of the molecule is O=C(/C=C/c1ccc(N2CCCCCC2)cc1)OCc1cc(=O)n2ccsc2n1. The van der Waals surface area contributed by atoms with Crippen LogP contribution in [0, 0.1) is 0 Å². The van der Waals surface area contributed by atoms with E-state index in [0.29, 0.717) is 10.7 Å². The number of hydrogen-bond acceptors (Lipinski definition) is 6. The van der Waals surface area contributed by atoms with Gasteiger partial charge in [-0.25, -0.2) is 9.78 Å². The van der Waals surface area contributed by atoms with Gasteiger partial charge < -0.3 is 9.64 Å². The third kappa shape index (κ3) is 4.92. The van der Waals surface area contributed by atoms with Crippen molar-refractivity contribution in [2.45, 2.75) is 32.3 Å². The third-order valence-electron chi connectivity index (χ3n) is 4.99. The highest BCUT2D eigenvalue weighted by molar-refractivity contribution is 7.15. The van der Waals surface area contributed by atoms with Gasteiger partial charge in [-0.2, -0.15) is 0 Å². The van der Waals surface area contributed by atoms with E-state index in [0.717, 1.165) is 18.7 Å². The topological polar surface area (TPSA) is 63.9 Å². The van der Waals surface area contributed by atoms with E-state index in [-0.39, 0.29) is 12.2 Å². The highest BCUT2D eigenvalue weighted by Gasteiger charge is 2.09. The molecule has 0 atom stereocenters. The summed E-state index contributed by atoms with van der Waals surface area (Å²) in [7, 11) is 0. The largest absolute Gasteiger partial charge is 0.456 e. The van der Waals surface area contributed by atoms with E-state index in [9.17, 15) is 9.59 Å². The molecule has 1 fully saturated rings. The summed E-state index contributed by atoms with van der Waals surface area (Å²) < 4.78 is 6.69. The first-order valence-corrected chi connectivity index (χ1v) is 10.7. The van der Waals surface area contributed by atoms with Gasteiger partial charge in [-0.05, 0) is 36.6 Å². The van der Waals surface area contributed by atoms with Crippen LogP contribution in [0.2, 0.25) is 0 Å². The Labute approximate surface area is 173 Å². The Kier molecular flexibility index (Phi) is 6.05. The van der Waals surface area contributed by atoms with Crippen LogP contribution in [0.3, 0.4) is 0 Å². The molecule has 0 aliphatic carbocycles. The maximum atomic E-state index is 12.0. The lowest BCUT2D eigenvalue weighted by Gasteiger charge is -2.22. The fourth-order valence-corrected chi connectivity index (χ4v) is 4.18. The van der Waals surface area contributed by atoms with Crippen molar-refractivity contribution in [3.05, 3.63) is 69.6 Å². The lowest BCUT2D eigenvalue weighted by Crippen LogP contribution is -2.23. The quantitative estimate of drug-likeness (QED) is 0.472. The minimum atomic E-state index is -0.463. The lowest BCUT2D eigenvalue weighted by atomic mass is 10.1. The van der Waals surface area contributed by atoms with Gasteiger partial charge in [0.2, 0.25) is 0 Å². The van der Waals surface area contributed by atoms with E-state index in [1.165, 1.54) is 59.3 Å². The van der Waals surface area contributed by atoms with Crippen molar-refractivity contribution in [1.29, 1.82) is 0 Å². The van der Waals surface area contributed by atoms with Crippen LogP contribution >= 0.6 is 11.3 Å². The summed E-state index contributed by atoms with van der Waals surface area (Å²) in [5, 5.41) is 1.79. The minimum absolute atomic E-state index is 0.0271. The molecule has 4 rings (SSSR count). The second kappa shape index (κ2) is 9.05. The Bertz CT molecular complexity index is 1060. The molecule has 0 unspecified atom stereocenters. The number of esters is 1. The summed E-state index contributed by atoms with van der Waals surface area (Å²) in [4.78, 5) is 31.3. The third-order valence-corrected chi connectivity index (χ3v) is 5.75. The molecule has 1 aromatic carbocycles. The number of anilines is 1. The summed E-state index contributed by atoms with van der Waals surface area (Å²) in [6.07, 6.45) is 9.92. The van der Waals surface area contributed by atoms with Gasteiger partial charge in [-0.1, -0.05) is 25.0 Å². The molecule has 1 aliphatic heterocycles. The predicted octanol–water partition coefficient (Wildman–Crippen LogP) is 3.89. The van der Waals surface area contributed by atoms with Crippen molar-refractivity contribution in [3.63, 3.8) is 0 Å². The standard InChI is InChI=1S/C22H23N3O3S/c26-20-15-18(23-22-25(20)13-14-29-22)16-28-21(27)10-7-17-5-8-19(9-6-17)24-11-3-1-2-4-12-24/h5-10,13-15H,1-4,11-12,16H2/b10-7+. The number of rotatable bonds is 5. The van der Waals surface area contributed by atoms with Gasteiger partial charge in [0.15, 0.2) is 4.96 Å². The summed E-state index contributed by atoms with van der Waals surface area (Å²) >= 11 is 1.36. The first-order chi connectivity index (χ1) is 14.2. The summed E-state index contributed by atoms with van der Waals surface area (Å²) in [6.45, 7) is 2.19. The first kappa shape index (κ1) is 19.4. The van der Waals surface area contributed by atoms with E-state index < -0.39 is 5.97 Å². The number of thiazole rings is 1. The highest BCUT2D eigenvalue weighted by Crippen LogP contribution is 2.20. The number of carbonyl (C=O) groups excluding carboxylic acids is 1. The fourth-order valence-electron chi connectivity index (χ4n) is 3.44. The minimum Gasteiger partial charge on any atom is -0.456 e. The molecule has 1 saturated heterocycles. The maximum Gasteiger partial charge on any atom is 0.331 e. The van der Waals surface area contributed by atoms with Gasteiger partial charge in [0.1, 0.15) is 6.61 Å². The molecule has 0 amide bonds. The average molecular weight is 410 g/mol. The molecule has 29 heavy (non-hydrogen) atoms. The van der Waals surface area contributed by atoms with Crippen LogP contribution in [0.5, 0.6) is 0 Å². The number of aromatic nitrogens is 2. The highest BCUT2D eigenvalue weighted by atomic mass is 32.1. The number of ether oxygens (including phenoxy) is 1. The summed E-state index contributed by atoms with van der Waals surface area (Å²) in [6, 6.07) is 9.61. The zero-order valence-corrected chi connectivity index (χ0v) is 16.9. The van der Waals surface area contributed by atoms with Gasteiger partial charge in [-0.15, -0.1) is 11.3 Å². The van der Waals surface area contributed by atoms with E-state index >= 15 is 0 Å². The van der Waals surface area contributed by atoms with Crippen LogP contribution in [0.1, 0.15) is 36.9 Å². The predicted molar refractivity (Wildman–Crippen MR) is 115 cm³/mol. The van der Waals surface area contributed by atoms with Crippen molar-refractivity contribution >= 4 is 34.0 Å². The molecule has 0 N–H and O–H groups in total. The molecule has 0 spiro atoms. The van der Waals surface area contributed by atoms with E-state index in [4.69, 9.17) is 4.74 Å². The van der Waals surface area contributed by atoms with Crippen LogP contribution in [-0.2, 0) is 16.1 Å². The number of hydrogen-bond donors (Lipinski definition) is 0. The number of benzene rings is 1. The number of nitrogens with zero attached hydrogens (tertiary/aromatic N) is 3. The molecule has 0 bridgehead atoms. The number of fused-ring (bicyclic) bond motifs is 1. The first-order valence-electron chi connectivity index (χ1n) is 9.85. The van der Waals surface area contributed by atoms with Crippen molar-refractivity contribution in [1.82, 2.24) is 9.38 Å². The van der Waals surface area contributed by atoms with Gasteiger partial charge in [0.05, 0.1) is 5.69 Å². The normalized spacial score (nSPS) is 15.0. The molecule has 7 heteroatoms. The zero-order chi connectivity index (χ0) is 20.1. The Morgan fingerprint density at radius 2 is 1.90 bits per heavy atom. The molecule has 1 aliphatic rings. The van der Waals surface area contributed by atoms with Gasteiger partial charge in [0, 0.05) is 42.5 Å². The Morgan fingerprint density at radius 3 is 2.66 bits per heavy atom. The molecule has 0 saturated carbocycles. The smallest absolute Gasteiger partial charge is 0.331 e. The molecule has 0 radical (unpaired) electrons. The maximum absolute atomic E-state index is 12.0. The molecular weight excluding hydrogens is 386 g/mol. The van der Waals surface area contributed by atoms with Crippen LogP contribution in [0.15, 0.2) is 52.8 Å². The molecular formula is C22H23N3O3S. The summed E-state index contributed by atoms with van der Waals surface area (Å²) in [5.41, 5.74) is 2.44. The Balaban J connectivity index is 1.33. The van der Waals surface area contributed by atoms with Crippen molar-refractivity contribution in [3.8, 4) is 0 Å². The molecule has 3 aromatic rings. The van der Waals surface area contributed by atoms with Crippen LogP contribution in [0.25, 0.3) is 11.0 Å². The Hall–Kier alpha value is -2.93. The van der Waals surface area contributed by atoms with Crippen LogP contribution in [-0.4, -0.2) is 28.4 Å². The second-order valence-corrected chi connectivity index (χ2v) is 7.95. The van der Waals surface area contributed by atoms with E-state index in [1.54, 1.807) is 17.7 Å². The van der Waals surface area contributed by atoms with Crippen molar-refractivity contribution < 1.29 is 9.53 Å². The van der Waals surface area contributed by atoms with Crippen LogP contribution < -0.4 is 10.5 Å². The van der Waals surface area contributed by atoms with Gasteiger partial charge in [0.25, 0.3) is 5.56 Å². The summed E-state index contributed by atoms with van der Waals surface area (Å²) in [5.74, 6) is -0.463. The average Bonchev–Trinajstić information content (AvgIpc) is 3.05. The molecule has 150 valence electrons. The molecule has 2 aromatic heterocycles. The second-order valence-electron chi connectivity index (χ2n) is 7.08. The van der Waals surface area contributed by atoms with E-state index in [1.807, 2.05) is 12.1 Å². The van der Waals surface area contributed by atoms with Crippen LogP contribution in [0.4, 0.5) is 5.69 Å². The molecule has 6 nitrogen and oxygen atoms in total. The Morgan fingerprint density at radius 1 is 1.14 bits per heavy atom. The van der Waals surface area contributed by atoms with Gasteiger partial charge >= 0.3 is 5.97 Å². The van der Waals surface area contributed by atoms with E-state index in [2.05, 4.69) is 22.0 Å². The monoisotopic (exact) mass is 409 g/mol.